The van der Waals surface area contributed by atoms with Crippen molar-refractivity contribution in [2.45, 2.75) is 11.8 Å². The summed E-state index contributed by atoms with van der Waals surface area (Å²) in [6.45, 7) is 1.85. The maximum atomic E-state index is 11.8. The Bertz CT molecular complexity index is 683. The fraction of sp³-hybridized carbons (Fsp3) is 0.250. The first-order valence-electron chi connectivity index (χ1n) is 5.39. The van der Waals surface area contributed by atoms with E-state index in [-0.39, 0.29) is 4.90 Å². The Kier molecular flexibility index (Phi) is 2.90. The molecule has 2 N–H and O–H groups in total. The molecule has 0 aliphatic heterocycles. The van der Waals surface area contributed by atoms with E-state index in [4.69, 9.17) is 5.73 Å². The van der Waals surface area contributed by atoms with Gasteiger partial charge in [-0.05, 0) is 18.6 Å². The molecule has 96 valence electrons. The molecule has 0 atom stereocenters. The predicted molar refractivity (Wildman–Crippen MR) is 70.9 cm³/mol. The zero-order valence-electron chi connectivity index (χ0n) is 10.5. The molecule has 0 spiro atoms. The largest absolute Gasteiger partial charge is 0.384 e. The van der Waals surface area contributed by atoms with Gasteiger partial charge in [-0.3, -0.25) is 4.68 Å². The fourth-order valence-corrected chi connectivity index (χ4v) is 2.73. The fourth-order valence-electron chi connectivity index (χ4n) is 1.76. The van der Waals surface area contributed by atoms with Gasteiger partial charge in [0.05, 0.1) is 10.6 Å². The number of rotatable bonds is 2. The van der Waals surface area contributed by atoms with Gasteiger partial charge >= 0.3 is 0 Å². The molecule has 1 aromatic heterocycles. The quantitative estimate of drug-likeness (QED) is 0.889. The lowest BCUT2D eigenvalue weighted by Crippen LogP contribution is -2.01. The summed E-state index contributed by atoms with van der Waals surface area (Å²) in [4.78, 5) is 0.278. The number of aromatic nitrogens is 2. The SMILES string of the molecule is Cc1ccc(-c2cc(N)n(C)n2)c(S(C)(=O)=O)c1. The number of benzene rings is 1. The van der Waals surface area contributed by atoms with E-state index in [1.165, 1.54) is 10.9 Å². The number of hydrogen-bond acceptors (Lipinski definition) is 4. The number of nitrogen functional groups attached to an aromatic ring is 1. The molecular weight excluding hydrogens is 250 g/mol. The highest BCUT2D eigenvalue weighted by Crippen LogP contribution is 2.28. The molecule has 0 amide bonds. The van der Waals surface area contributed by atoms with Crippen molar-refractivity contribution < 1.29 is 8.42 Å². The van der Waals surface area contributed by atoms with E-state index in [1.807, 2.05) is 13.0 Å². The van der Waals surface area contributed by atoms with Gasteiger partial charge in [0.15, 0.2) is 9.84 Å². The van der Waals surface area contributed by atoms with Crippen molar-refractivity contribution in [3.63, 3.8) is 0 Å². The van der Waals surface area contributed by atoms with Crippen molar-refractivity contribution in [3.05, 3.63) is 29.8 Å². The second-order valence-corrected chi connectivity index (χ2v) is 6.33. The Morgan fingerprint density at radius 1 is 1.28 bits per heavy atom. The zero-order chi connectivity index (χ0) is 13.5. The first kappa shape index (κ1) is 12.6. The van der Waals surface area contributed by atoms with Crippen LogP contribution in [0.25, 0.3) is 11.3 Å². The molecule has 0 saturated carbocycles. The van der Waals surface area contributed by atoms with Crippen LogP contribution in [0, 0.1) is 6.92 Å². The molecule has 0 radical (unpaired) electrons. The van der Waals surface area contributed by atoms with E-state index in [0.717, 1.165) is 5.56 Å². The highest BCUT2D eigenvalue weighted by molar-refractivity contribution is 7.90. The smallest absolute Gasteiger partial charge is 0.176 e. The molecule has 5 nitrogen and oxygen atoms in total. The van der Waals surface area contributed by atoms with Crippen LogP contribution in [0.3, 0.4) is 0 Å². The first-order chi connectivity index (χ1) is 8.29. The highest BCUT2D eigenvalue weighted by Gasteiger charge is 2.17. The minimum atomic E-state index is -3.30. The van der Waals surface area contributed by atoms with E-state index in [2.05, 4.69) is 5.10 Å². The van der Waals surface area contributed by atoms with Crippen LogP contribution in [0.15, 0.2) is 29.2 Å². The van der Waals surface area contributed by atoms with Crippen molar-refractivity contribution in [3.8, 4) is 11.3 Å². The van der Waals surface area contributed by atoms with Gasteiger partial charge in [-0.1, -0.05) is 12.1 Å². The molecule has 0 aliphatic rings. The number of anilines is 1. The average molecular weight is 265 g/mol. The van der Waals surface area contributed by atoms with Crippen molar-refractivity contribution in [2.24, 2.45) is 7.05 Å². The predicted octanol–water partition coefficient (Wildman–Crippen LogP) is 1.38. The van der Waals surface area contributed by atoms with Gasteiger partial charge in [0.25, 0.3) is 0 Å². The van der Waals surface area contributed by atoms with Crippen LogP contribution in [0.5, 0.6) is 0 Å². The number of sulfone groups is 1. The Balaban J connectivity index is 2.72. The van der Waals surface area contributed by atoms with E-state index < -0.39 is 9.84 Å². The molecular formula is C12H15N3O2S. The van der Waals surface area contributed by atoms with Crippen molar-refractivity contribution in [1.82, 2.24) is 9.78 Å². The third kappa shape index (κ3) is 2.24. The van der Waals surface area contributed by atoms with Crippen LogP contribution >= 0.6 is 0 Å². The minimum Gasteiger partial charge on any atom is -0.384 e. The summed E-state index contributed by atoms with van der Waals surface area (Å²) in [7, 11) is -1.58. The summed E-state index contributed by atoms with van der Waals surface area (Å²) in [6.07, 6.45) is 1.19. The van der Waals surface area contributed by atoms with Crippen LogP contribution in [0.2, 0.25) is 0 Å². The van der Waals surface area contributed by atoms with Gasteiger partial charge in [-0.15, -0.1) is 0 Å². The summed E-state index contributed by atoms with van der Waals surface area (Å²) < 4.78 is 25.1. The van der Waals surface area contributed by atoms with E-state index in [9.17, 15) is 8.42 Å². The summed E-state index contributed by atoms with van der Waals surface area (Å²) in [6, 6.07) is 6.93. The standard InChI is InChI=1S/C12H15N3O2S/c1-8-4-5-9(11(6-8)18(3,16)17)10-7-12(13)15(2)14-10/h4-7H,13H2,1-3H3. The van der Waals surface area contributed by atoms with Crippen LogP contribution < -0.4 is 5.73 Å². The summed E-state index contributed by atoms with van der Waals surface area (Å²) in [5.41, 5.74) is 7.75. The third-order valence-electron chi connectivity index (χ3n) is 2.73. The Morgan fingerprint density at radius 2 is 1.94 bits per heavy atom. The van der Waals surface area contributed by atoms with Gasteiger partial charge in [0.2, 0.25) is 0 Å². The van der Waals surface area contributed by atoms with Crippen LogP contribution in [0.1, 0.15) is 5.56 Å². The number of nitrogens with zero attached hydrogens (tertiary/aromatic N) is 2. The molecule has 1 heterocycles. The van der Waals surface area contributed by atoms with E-state index in [0.29, 0.717) is 17.1 Å². The second-order valence-electron chi connectivity index (χ2n) is 4.35. The maximum Gasteiger partial charge on any atom is 0.176 e. The lowest BCUT2D eigenvalue weighted by molar-refractivity contribution is 0.602. The first-order valence-corrected chi connectivity index (χ1v) is 7.29. The number of aryl methyl sites for hydroxylation is 2. The third-order valence-corrected chi connectivity index (χ3v) is 3.87. The molecule has 6 heteroatoms. The van der Waals surface area contributed by atoms with Gasteiger partial charge in [-0.25, -0.2) is 8.42 Å². The molecule has 0 fully saturated rings. The molecule has 2 rings (SSSR count). The van der Waals surface area contributed by atoms with Crippen LogP contribution in [-0.2, 0) is 16.9 Å². The summed E-state index contributed by atoms with van der Waals surface area (Å²) in [5, 5.41) is 4.21. The molecule has 0 saturated heterocycles. The van der Waals surface area contributed by atoms with E-state index >= 15 is 0 Å². The normalized spacial score (nSPS) is 11.7. The Hall–Kier alpha value is -1.82. The lowest BCUT2D eigenvalue weighted by atomic mass is 10.1. The van der Waals surface area contributed by atoms with Gasteiger partial charge in [0, 0.05) is 24.9 Å². The second kappa shape index (κ2) is 4.13. The van der Waals surface area contributed by atoms with Gasteiger partial charge < -0.3 is 5.73 Å². The van der Waals surface area contributed by atoms with E-state index in [1.54, 1.807) is 25.2 Å². The lowest BCUT2D eigenvalue weighted by Gasteiger charge is -2.06. The monoisotopic (exact) mass is 265 g/mol. The number of hydrogen-bond donors (Lipinski definition) is 1. The molecule has 0 aliphatic carbocycles. The van der Waals surface area contributed by atoms with Crippen LogP contribution in [-0.4, -0.2) is 24.5 Å². The van der Waals surface area contributed by atoms with Crippen molar-refractivity contribution in [2.75, 3.05) is 12.0 Å². The van der Waals surface area contributed by atoms with Gasteiger partial charge in [0.1, 0.15) is 5.82 Å². The zero-order valence-corrected chi connectivity index (χ0v) is 11.3. The molecule has 1 aromatic carbocycles. The van der Waals surface area contributed by atoms with Gasteiger partial charge in [-0.2, -0.15) is 5.10 Å². The average Bonchev–Trinajstić information content (AvgIpc) is 2.57. The van der Waals surface area contributed by atoms with Crippen molar-refractivity contribution in [1.29, 1.82) is 0 Å². The minimum absolute atomic E-state index is 0.278. The Labute approximate surface area is 106 Å². The molecule has 18 heavy (non-hydrogen) atoms. The topological polar surface area (TPSA) is 78.0 Å². The molecule has 0 bridgehead atoms. The Morgan fingerprint density at radius 3 is 2.44 bits per heavy atom. The van der Waals surface area contributed by atoms with Crippen molar-refractivity contribution >= 4 is 15.7 Å². The molecule has 0 unspecified atom stereocenters. The highest BCUT2D eigenvalue weighted by atomic mass is 32.2. The van der Waals surface area contributed by atoms with Crippen LogP contribution in [0.4, 0.5) is 5.82 Å². The summed E-state index contributed by atoms with van der Waals surface area (Å²) in [5.74, 6) is 0.491. The molecule has 2 aromatic rings. The summed E-state index contributed by atoms with van der Waals surface area (Å²) >= 11 is 0. The maximum absolute atomic E-state index is 11.8. The number of nitrogens with two attached hydrogens (primary N) is 1.